The van der Waals surface area contributed by atoms with Crippen LogP contribution in [0.5, 0.6) is 0 Å². The van der Waals surface area contributed by atoms with Crippen molar-refractivity contribution in [2.45, 2.75) is 30.7 Å². The highest BCUT2D eigenvalue weighted by atomic mass is 33.1. The Morgan fingerprint density at radius 1 is 1.60 bits per heavy atom. The molecular formula is C10H22N2OS2. The van der Waals surface area contributed by atoms with Crippen LogP contribution in [0.2, 0.25) is 0 Å². The number of rotatable bonds is 4. The average Bonchev–Trinajstić information content (AvgIpc) is 2.14. The molecule has 0 bridgehead atoms. The third-order valence-corrected chi connectivity index (χ3v) is 4.38. The van der Waals surface area contributed by atoms with Gasteiger partial charge < -0.3 is 10.0 Å². The molecular weight excluding hydrogens is 228 g/mol. The van der Waals surface area contributed by atoms with E-state index in [9.17, 15) is 5.11 Å². The molecule has 0 aromatic heterocycles. The van der Waals surface area contributed by atoms with Crippen molar-refractivity contribution in [2.24, 2.45) is 0 Å². The Morgan fingerprint density at radius 3 is 2.80 bits per heavy atom. The molecule has 0 aromatic carbocycles. The number of β-amino-alcohol motifs (C(OH)–C–C–N with tert-alkyl or cyclic N) is 1. The van der Waals surface area contributed by atoms with Crippen molar-refractivity contribution < 1.29 is 5.11 Å². The summed E-state index contributed by atoms with van der Waals surface area (Å²) in [6, 6.07) is 0. The molecule has 2 atom stereocenters. The molecule has 0 saturated carbocycles. The normalized spacial score (nSPS) is 30.8. The molecule has 0 radical (unpaired) electrons. The molecule has 1 saturated heterocycles. The molecule has 1 fully saturated rings. The van der Waals surface area contributed by atoms with E-state index in [1.807, 2.05) is 14.1 Å². The Morgan fingerprint density at radius 2 is 2.27 bits per heavy atom. The summed E-state index contributed by atoms with van der Waals surface area (Å²) in [5, 5.41) is 10.8. The van der Waals surface area contributed by atoms with Crippen molar-refractivity contribution in [3.63, 3.8) is 0 Å². The van der Waals surface area contributed by atoms with E-state index < -0.39 is 5.60 Å². The number of hydrogen-bond acceptors (Lipinski definition) is 5. The van der Waals surface area contributed by atoms with Gasteiger partial charge in [-0.1, -0.05) is 10.8 Å². The van der Waals surface area contributed by atoms with Crippen LogP contribution in [0.25, 0.3) is 0 Å². The SMILES string of the molecule is CC(SS)N1CCC[C@@](O)(CN(C)C)C1. The lowest BCUT2D eigenvalue weighted by Crippen LogP contribution is -2.54. The number of likely N-dealkylation sites (N-methyl/N-ethyl adjacent to an activating group) is 1. The van der Waals surface area contributed by atoms with E-state index in [1.54, 1.807) is 10.8 Å². The minimum atomic E-state index is -0.542. The van der Waals surface area contributed by atoms with Crippen LogP contribution in [0.1, 0.15) is 19.8 Å². The molecule has 1 unspecified atom stereocenters. The minimum Gasteiger partial charge on any atom is -0.387 e. The lowest BCUT2D eigenvalue weighted by atomic mass is 9.92. The van der Waals surface area contributed by atoms with E-state index >= 15 is 0 Å². The quantitative estimate of drug-likeness (QED) is 0.581. The van der Waals surface area contributed by atoms with E-state index in [-0.39, 0.29) is 0 Å². The van der Waals surface area contributed by atoms with Gasteiger partial charge >= 0.3 is 0 Å². The second-order valence-corrected chi connectivity index (χ2v) is 6.27. The highest BCUT2D eigenvalue weighted by Crippen LogP contribution is 2.27. The molecule has 0 spiro atoms. The average molecular weight is 250 g/mol. The molecule has 0 aliphatic carbocycles. The van der Waals surface area contributed by atoms with Crippen molar-refractivity contribution in [1.29, 1.82) is 0 Å². The first-order chi connectivity index (χ1) is 6.97. The standard InChI is InChI=1S/C10H22N2OS2/c1-9(15-14)12-6-4-5-10(13,8-12)7-11(2)3/h9,13-14H,4-8H2,1-3H3/t9?,10-/m1/s1. The van der Waals surface area contributed by atoms with Crippen molar-refractivity contribution in [3.05, 3.63) is 0 Å². The maximum atomic E-state index is 10.4. The van der Waals surface area contributed by atoms with Crippen LogP contribution in [-0.4, -0.2) is 59.6 Å². The zero-order chi connectivity index (χ0) is 11.5. The second-order valence-electron chi connectivity index (χ2n) is 4.74. The molecule has 1 N–H and O–H groups in total. The summed E-state index contributed by atoms with van der Waals surface area (Å²) in [5.41, 5.74) is -0.542. The van der Waals surface area contributed by atoms with Gasteiger partial charge in [-0.05, 0) is 40.4 Å². The van der Waals surface area contributed by atoms with Crippen LogP contribution in [0.4, 0.5) is 0 Å². The van der Waals surface area contributed by atoms with Gasteiger partial charge in [-0.3, -0.25) is 4.90 Å². The molecule has 0 amide bonds. The molecule has 1 rings (SSSR count). The fraction of sp³-hybridized carbons (Fsp3) is 1.00. The van der Waals surface area contributed by atoms with Gasteiger partial charge in [-0.2, -0.15) is 0 Å². The van der Waals surface area contributed by atoms with E-state index in [0.29, 0.717) is 5.37 Å². The number of thiol groups is 1. The number of aliphatic hydroxyl groups is 1. The van der Waals surface area contributed by atoms with Crippen molar-refractivity contribution in [2.75, 3.05) is 33.7 Å². The highest BCUT2D eigenvalue weighted by molar-refractivity contribution is 8.68. The summed E-state index contributed by atoms with van der Waals surface area (Å²) in [7, 11) is 5.56. The third kappa shape index (κ3) is 4.15. The Kier molecular flexibility index (Phi) is 5.25. The van der Waals surface area contributed by atoms with Gasteiger partial charge in [0, 0.05) is 13.1 Å². The van der Waals surface area contributed by atoms with Gasteiger partial charge in [0.15, 0.2) is 0 Å². The van der Waals surface area contributed by atoms with E-state index in [4.69, 9.17) is 0 Å². The Bertz CT molecular complexity index is 204. The lowest BCUT2D eigenvalue weighted by Gasteiger charge is -2.42. The summed E-state index contributed by atoms with van der Waals surface area (Å²) in [4.78, 5) is 4.37. The number of likely N-dealkylation sites (tertiary alicyclic amines) is 1. The lowest BCUT2D eigenvalue weighted by molar-refractivity contribution is -0.0472. The molecule has 1 aliphatic heterocycles. The molecule has 1 aliphatic rings. The monoisotopic (exact) mass is 250 g/mol. The Hall–Kier alpha value is 0.580. The third-order valence-electron chi connectivity index (χ3n) is 2.86. The van der Waals surface area contributed by atoms with Crippen molar-refractivity contribution >= 4 is 22.5 Å². The maximum Gasteiger partial charge on any atom is 0.0900 e. The van der Waals surface area contributed by atoms with Crippen LogP contribution in [0.3, 0.4) is 0 Å². The van der Waals surface area contributed by atoms with Gasteiger partial charge in [-0.25, -0.2) is 0 Å². The predicted octanol–water partition coefficient (Wildman–Crippen LogP) is 1.30. The first kappa shape index (κ1) is 13.6. The maximum absolute atomic E-state index is 10.4. The van der Waals surface area contributed by atoms with E-state index in [2.05, 4.69) is 28.4 Å². The molecule has 3 nitrogen and oxygen atoms in total. The van der Waals surface area contributed by atoms with Gasteiger partial charge in [0.25, 0.3) is 0 Å². The Labute approximate surface area is 102 Å². The van der Waals surface area contributed by atoms with Crippen LogP contribution in [-0.2, 0) is 0 Å². The predicted molar refractivity (Wildman–Crippen MR) is 70.3 cm³/mol. The number of nitrogens with zero attached hydrogens (tertiary/aromatic N) is 2. The van der Waals surface area contributed by atoms with E-state index in [1.165, 1.54) is 0 Å². The number of piperidine rings is 1. The molecule has 0 aromatic rings. The summed E-state index contributed by atoms with van der Waals surface area (Å²) in [6.45, 7) is 4.72. The smallest absolute Gasteiger partial charge is 0.0900 e. The summed E-state index contributed by atoms with van der Waals surface area (Å²) in [6.07, 6.45) is 1.98. The molecule has 1 heterocycles. The first-order valence-corrected chi connectivity index (χ1v) is 7.31. The molecule has 15 heavy (non-hydrogen) atoms. The minimum absolute atomic E-state index is 0.377. The van der Waals surface area contributed by atoms with Crippen LogP contribution in [0.15, 0.2) is 0 Å². The van der Waals surface area contributed by atoms with Gasteiger partial charge in [0.05, 0.1) is 11.0 Å². The summed E-state index contributed by atoms with van der Waals surface area (Å²) < 4.78 is 0. The van der Waals surface area contributed by atoms with Crippen LogP contribution >= 0.6 is 22.5 Å². The Balaban J connectivity index is 2.54. The topological polar surface area (TPSA) is 26.7 Å². The van der Waals surface area contributed by atoms with Crippen LogP contribution in [0, 0.1) is 0 Å². The zero-order valence-corrected chi connectivity index (χ0v) is 11.5. The van der Waals surface area contributed by atoms with Crippen molar-refractivity contribution in [3.8, 4) is 0 Å². The summed E-state index contributed by atoms with van der Waals surface area (Å²) in [5.74, 6) is 0. The van der Waals surface area contributed by atoms with Gasteiger partial charge in [0.1, 0.15) is 0 Å². The zero-order valence-electron chi connectivity index (χ0n) is 9.81. The second kappa shape index (κ2) is 5.77. The largest absolute Gasteiger partial charge is 0.387 e. The highest BCUT2D eigenvalue weighted by Gasteiger charge is 2.35. The fourth-order valence-electron chi connectivity index (χ4n) is 2.24. The van der Waals surface area contributed by atoms with E-state index in [0.717, 1.165) is 32.5 Å². The summed E-state index contributed by atoms with van der Waals surface area (Å²) >= 11 is 4.24. The van der Waals surface area contributed by atoms with Crippen molar-refractivity contribution in [1.82, 2.24) is 9.80 Å². The first-order valence-electron chi connectivity index (χ1n) is 5.38. The van der Waals surface area contributed by atoms with Gasteiger partial charge in [0.2, 0.25) is 0 Å². The molecule has 5 heteroatoms. The number of hydrogen-bond donors (Lipinski definition) is 2. The van der Waals surface area contributed by atoms with Gasteiger partial charge in [-0.15, -0.1) is 11.7 Å². The molecule has 90 valence electrons. The fourth-order valence-corrected chi connectivity index (χ4v) is 2.96. The van der Waals surface area contributed by atoms with Crippen LogP contribution < -0.4 is 0 Å².